The van der Waals surface area contributed by atoms with Crippen LogP contribution in [0.2, 0.25) is 0 Å². The molecule has 0 atom stereocenters. The Morgan fingerprint density at radius 3 is 2.24 bits per heavy atom. The molecule has 0 radical (unpaired) electrons. The van der Waals surface area contributed by atoms with Gasteiger partial charge in [-0.25, -0.2) is 0 Å². The van der Waals surface area contributed by atoms with Crippen LogP contribution in [-0.4, -0.2) is 35.6 Å². The summed E-state index contributed by atoms with van der Waals surface area (Å²) < 4.78 is 0. The number of nitrogens with one attached hydrogen (secondary N) is 1. The molecule has 0 aromatic carbocycles. The molecular weight excluding hydrogens is 208 g/mol. The fourth-order valence-electron chi connectivity index (χ4n) is 3.97. The summed E-state index contributed by atoms with van der Waals surface area (Å²) in [6.07, 6.45) is 9.51. The van der Waals surface area contributed by atoms with Gasteiger partial charge in [0, 0.05) is 24.2 Å². The molecular formula is C15H30N2. The van der Waals surface area contributed by atoms with Gasteiger partial charge in [0.05, 0.1) is 0 Å². The van der Waals surface area contributed by atoms with Crippen molar-refractivity contribution in [2.45, 2.75) is 76.8 Å². The average Bonchev–Trinajstić information content (AvgIpc) is 2.80. The van der Waals surface area contributed by atoms with Gasteiger partial charge in [-0.1, -0.05) is 33.6 Å². The Morgan fingerprint density at radius 2 is 1.71 bits per heavy atom. The molecule has 1 aliphatic carbocycles. The Hall–Kier alpha value is -0.0800. The highest BCUT2D eigenvalue weighted by molar-refractivity contribution is 5.06. The number of piperazine rings is 1. The van der Waals surface area contributed by atoms with Gasteiger partial charge in [0.15, 0.2) is 0 Å². The highest BCUT2D eigenvalue weighted by atomic mass is 15.3. The lowest BCUT2D eigenvalue weighted by Gasteiger charge is -2.54. The van der Waals surface area contributed by atoms with Crippen molar-refractivity contribution in [3.05, 3.63) is 0 Å². The summed E-state index contributed by atoms with van der Waals surface area (Å²) in [6, 6.07) is 0. The molecule has 0 aromatic rings. The molecule has 0 unspecified atom stereocenters. The number of nitrogens with zero attached hydrogens (tertiary/aromatic N) is 1. The van der Waals surface area contributed by atoms with Crippen LogP contribution in [-0.2, 0) is 0 Å². The van der Waals surface area contributed by atoms with Crippen LogP contribution in [0.4, 0.5) is 0 Å². The average molecular weight is 238 g/mol. The Morgan fingerprint density at radius 1 is 1.06 bits per heavy atom. The van der Waals surface area contributed by atoms with Crippen molar-refractivity contribution in [3.63, 3.8) is 0 Å². The molecule has 1 saturated heterocycles. The first kappa shape index (κ1) is 13.4. The zero-order valence-corrected chi connectivity index (χ0v) is 12.0. The van der Waals surface area contributed by atoms with Crippen molar-refractivity contribution in [2.75, 3.05) is 19.6 Å². The number of rotatable bonds is 4. The Labute approximate surface area is 107 Å². The molecule has 1 N–H and O–H groups in total. The van der Waals surface area contributed by atoms with Gasteiger partial charge < -0.3 is 5.32 Å². The molecule has 1 heterocycles. The molecule has 1 spiro atoms. The largest absolute Gasteiger partial charge is 0.308 e. The predicted octanol–water partition coefficient (Wildman–Crippen LogP) is 3.17. The second-order valence-corrected chi connectivity index (χ2v) is 6.19. The van der Waals surface area contributed by atoms with Gasteiger partial charge in [0.2, 0.25) is 0 Å². The number of hydrogen-bond donors (Lipinski definition) is 1. The first-order chi connectivity index (χ1) is 8.20. The molecule has 2 nitrogen and oxygen atoms in total. The van der Waals surface area contributed by atoms with Crippen molar-refractivity contribution in [2.24, 2.45) is 0 Å². The first-order valence-electron chi connectivity index (χ1n) is 7.70. The van der Waals surface area contributed by atoms with Crippen LogP contribution in [0.1, 0.15) is 65.7 Å². The van der Waals surface area contributed by atoms with E-state index in [1.807, 2.05) is 0 Å². The van der Waals surface area contributed by atoms with Crippen LogP contribution in [0.3, 0.4) is 0 Å². The van der Waals surface area contributed by atoms with E-state index in [1.54, 1.807) is 0 Å². The molecule has 2 heteroatoms. The second kappa shape index (κ2) is 5.27. The van der Waals surface area contributed by atoms with Crippen LogP contribution in [0.5, 0.6) is 0 Å². The van der Waals surface area contributed by atoms with E-state index in [4.69, 9.17) is 0 Å². The van der Waals surface area contributed by atoms with Crippen LogP contribution in [0, 0.1) is 0 Å². The SMILES string of the molecule is CCCN1CC2(CCCC2)NCC1(CC)CC. The minimum atomic E-state index is 0.434. The van der Waals surface area contributed by atoms with Gasteiger partial charge in [-0.3, -0.25) is 4.90 Å². The zero-order valence-electron chi connectivity index (χ0n) is 12.0. The lowest BCUT2D eigenvalue weighted by atomic mass is 9.82. The van der Waals surface area contributed by atoms with Gasteiger partial charge >= 0.3 is 0 Å². The summed E-state index contributed by atoms with van der Waals surface area (Å²) in [6.45, 7) is 10.8. The zero-order chi connectivity index (χ0) is 12.4. The third kappa shape index (κ3) is 2.39. The van der Waals surface area contributed by atoms with Crippen molar-refractivity contribution in [3.8, 4) is 0 Å². The van der Waals surface area contributed by atoms with E-state index in [9.17, 15) is 0 Å². The van der Waals surface area contributed by atoms with Gasteiger partial charge in [-0.2, -0.15) is 0 Å². The Bertz CT molecular complexity index is 239. The van der Waals surface area contributed by atoms with E-state index in [0.29, 0.717) is 11.1 Å². The van der Waals surface area contributed by atoms with Gasteiger partial charge in [0.25, 0.3) is 0 Å². The third-order valence-electron chi connectivity index (χ3n) is 5.33. The van der Waals surface area contributed by atoms with Crippen molar-refractivity contribution >= 4 is 0 Å². The maximum absolute atomic E-state index is 3.93. The highest BCUT2D eigenvalue weighted by Gasteiger charge is 2.46. The minimum Gasteiger partial charge on any atom is -0.308 e. The standard InChI is InChI=1S/C15H30N2/c1-4-11-17-13-14(9-7-8-10-14)16-12-15(17,5-2)6-3/h16H,4-13H2,1-3H3. The maximum Gasteiger partial charge on any atom is 0.0329 e. The molecule has 100 valence electrons. The molecule has 0 bridgehead atoms. The maximum atomic E-state index is 3.93. The molecule has 1 saturated carbocycles. The van der Waals surface area contributed by atoms with E-state index in [0.717, 1.165) is 0 Å². The summed E-state index contributed by atoms with van der Waals surface area (Å²) in [5.74, 6) is 0. The molecule has 2 rings (SSSR count). The monoisotopic (exact) mass is 238 g/mol. The fourth-order valence-corrected chi connectivity index (χ4v) is 3.97. The molecule has 17 heavy (non-hydrogen) atoms. The van der Waals surface area contributed by atoms with Crippen molar-refractivity contribution in [1.29, 1.82) is 0 Å². The van der Waals surface area contributed by atoms with Crippen LogP contribution in [0.15, 0.2) is 0 Å². The van der Waals surface area contributed by atoms with E-state index in [-0.39, 0.29) is 0 Å². The topological polar surface area (TPSA) is 15.3 Å². The lowest BCUT2D eigenvalue weighted by Crippen LogP contribution is -2.69. The van der Waals surface area contributed by atoms with E-state index in [1.165, 1.54) is 64.6 Å². The molecule has 1 aliphatic heterocycles. The van der Waals surface area contributed by atoms with E-state index >= 15 is 0 Å². The van der Waals surface area contributed by atoms with Gasteiger partial charge in [-0.05, 0) is 38.6 Å². The normalized spacial score (nSPS) is 27.7. The summed E-state index contributed by atoms with van der Waals surface area (Å²) in [5, 5.41) is 3.93. The van der Waals surface area contributed by atoms with Crippen molar-refractivity contribution < 1.29 is 0 Å². The second-order valence-electron chi connectivity index (χ2n) is 6.19. The first-order valence-corrected chi connectivity index (χ1v) is 7.70. The van der Waals surface area contributed by atoms with Gasteiger partial charge in [-0.15, -0.1) is 0 Å². The molecule has 2 fully saturated rings. The summed E-state index contributed by atoms with van der Waals surface area (Å²) in [7, 11) is 0. The summed E-state index contributed by atoms with van der Waals surface area (Å²) in [4.78, 5) is 2.81. The molecule has 0 aromatic heterocycles. The predicted molar refractivity (Wildman–Crippen MR) is 74.4 cm³/mol. The Balaban J connectivity index is 2.12. The third-order valence-corrected chi connectivity index (χ3v) is 5.33. The Kier molecular flexibility index (Phi) is 4.14. The fraction of sp³-hybridized carbons (Fsp3) is 1.00. The van der Waals surface area contributed by atoms with Gasteiger partial charge in [0.1, 0.15) is 0 Å². The summed E-state index contributed by atoms with van der Waals surface area (Å²) >= 11 is 0. The minimum absolute atomic E-state index is 0.434. The van der Waals surface area contributed by atoms with E-state index < -0.39 is 0 Å². The molecule has 2 aliphatic rings. The lowest BCUT2D eigenvalue weighted by molar-refractivity contribution is 0.0000815. The molecule has 0 amide bonds. The van der Waals surface area contributed by atoms with E-state index in [2.05, 4.69) is 31.0 Å². The van der Waals surface area contributed by atoms with Crippen LogP contribution < -0.4 is 5.32 Å². The quantitative estimate of drug-likeness (QED) is 0.809. The van der Waals surface area contributed by atoms with Crippen molar-refractivity contribution in [1.82, 2.24) is 10.2 Å². The van der Waals surface area contributed by atoms with Crippen LogP contribution in [0.25, 0.3) is 0 Å². The number of hydrogen-bond acceptors (Lipinski definition) is 2. The smallest absolute Gasteiger partial charge is 0.0329 e. The summed E-state index contributed by atoms with van der Waals surface area (Å²) in [5.41, 5.74) is 0.910. The highest BCUT2D eigenvalue weighted by Crippen LogP contribution is 2.38. The van der Waals surface area contributed by atoms with Crippen LogP contribution >= 0.6 is 0 Å².